The number of ether oxygens (including phenoxy) is 2. The number of aryl methyl sites for hydroxylation is 1. The quantitative estimate of drug-likeness (QED) is 0.228. The van der Waals surface area contributed by atoms with Gasteiger partial charge in [0.15, 0.2) is 0 Å². The van der Waals surface area contributed by atoms with E-state index in [1.807, 2.05) is 12.1 Å². The molecule has 1 aromatic heterocycles. The fourth-order valence-corrected chi connectivity index (χ4v) is 3.23. The van der Waals surface area contributed by atoms with Gasteiger partial charge in [0.05, 0.1) is 7.11 Å². The van der Waals surface area contributed by atoms with Crippen molar-refractivity contribution < 1.29 is 32.2 Å². The van der Waals surface area contributed by atoms with E-state index in [0.717, 1.165) is 22.9 Å². The van der Waals surface area contributed by atoms with Crippen LogP contribution < -0.4 is 16.0 Å². The van der Waals surface area contributed by atoms with Crippen LogP contribution in [0.25, 0.3) is 11.1 Å². The molecule has 8 nitrogen and oxygen atoms in total. The SMILES string of the molecule is COC(=O)Nc1ccc(-c2ccnc(CCC=CNC(=O)OC(C)(C)C)c2)c(NCCC=CC(F)(F)F)c1. The summed E-state index contributed by atoms with van der Waals surface area (Å²) in [7, 11) is 1.25. The van der Waals surface area contributed by atoms with E-state index in [1.54, 1.807) is 51.2 Å². The maximum absolute atomic E-state index is 12.4. The number of alkyl halides is 3. The van der Waals surface area contributed by atoms with Crippen molar-refractivity contribution in [3.05, 3.63) is 66.7 Å². The second-order valence-corrected chi connectivity index (χ2v) is 9.16. The molecule has 0 atom stereocenters. The second kappa shape index (κ2) is 14.1. The Morgan fingerprint density at radius 3 is 2.47 bits per heavy atom. The zero-order chi connectivity index (χ0) is 28.2. The van der Waals surface area contributed by atoms with Gasteiger partial charge in [-0.2, -0.15) is 13.2 Å². The normalized spacial score (nSPS) is 12.0. The maximum Gasteiger partial charge on any atom is 0.411 e. The van der Waals surface area contributed by atoms with Crippen LogP contribution in [0.4, 0.5) is 34.1 Å². The van der Waals surface area contributed by atoms with Crippen molar-refractivity contribution in [3.63, 3.8) is 0 Å². The summed E-state index contributed by atoms with van der Waals surface area (Å²) in [5, 5.41) is 8.28. The van der Waals surface area contributed by atoms with Crippen LogP contribution in [-0.4, -0.2) is 42.6 Å². The summed E-state index contributed by atoms with van der Waals surface area (Å²) in [4.78, 5) is 27.7. The van der Waals surface area contributed by atoms with Gasteiger partial charge < -0.3 is 14.8 Å². The first-order valence-corrected chi connectivity index (χ1v) is 11.9. The predicted molar refractivity (Wildman–Crippen MR) is 141 cm³/mol. The highest BCUT2D eigenvalue weighted by Crippen LogP contribution is 2.31. The van der Waals surface area contributed by atoms with Crippen LogP contribution in [0, 0.1) is 0 Å². The van der Waals surface area contributed by atoms with E-state index in [1.165, 1.54) is 13.3 Å². The lowest BCUT2D eigenvalue weighted by Gasteiger charge is -2.18. The smallest absolute Gasteiger partial charge is 0.411 e. The lowest BCUT2D eigenvalue weighted by atomic mass is 10.0. The molecule has 0 aliphatic rings. The monoisotopic (exact) mass is 534 g/mol. The van der Waals surface area contributed by atoms with E-state index < -0.39 is 24.0 Å². The van der Waals surface area contributed by atoms with E-state index in [0.29, 0.717) is 24.2 Å². The highest BCUT2D eigenvalue weighted by molar-refractivity contribution is 5.88. The van der Waals surface area contributed by atoms with E-state index in [-0.39, 0.29) is 19.0 Å². The number of carbonyl (C=O) groups excluding carboxylic acids is 2. The first-order valence-electron chi connectivity index (χ1n) is 11.9. The molecule has 0 aliphatic heterocycles. The van der Waals surface area contributed by atoms with Crippen LogP contribution in [0.3, 0.4) is 0 Å². The van der Waals surface area contributed by atoms with Crippen molar-refractivity contribution in [2.24, 2.45) is 0 Å². The van der Waals surface area contributed by atoms with Gasteiger partial charge >= 0.3 is 18.4 Å². The van der Waals surface area contributed by atoms with Gasteiger partial charge in [-0.05, 0) is 69.9 Å². The predicted octanol–water partition coefficient (Wildman–Crippen LogP) is 6.82. The number of benzene rings is 1. The molecule has 0 bridgehead atoms. The lowest BCUT2D eigenvalue weighted by molar-refractivity contribution is -0.0800. The van der Waals surface area contributed by atoms with Gasteiger partial charge in [-0.15, -0.1) is 0 Å². The van der Waals surface area contributed by atoms with E-state index in [9.17, 15) is 22.8 Å². The average Bonchev–Trinajstić information content (AvgIpc) is 2.82. The van der Waals surface area contributed by atoms with Gasteiger partial charge in [-0.1, -0.05) is 18.2 Å². The van der Waals surface area contributed by atoms with Crippen molar-refractivity contribution in [1.82, 2.24) is 10.3 Å². The van der Waals surface area contributed by atoms with E-state index in [2.05, 4.69) is 25.7 Å². The number of carbonyl (C=O) groups is 2. The summed E-state index contributed by atoms with van der Waals surface area (Å²) in [5.41, 5.74) is 2.93. The molecular formula is C27H33F3N4O4. The molecule has 3 N–H and O–H groups in total. The molecule has 1 aromatic carbocycles. The van der Waals surface area contributed by atoms with Crippen LogP contribution >= 0.6 is 0 Å². The number of allylic oxidation sites excluding steroid dienone is 2. The largest absolute Gasteiger partial charge is 0.453 e. The summed E-state index contributed by atoms with van der Waals surface area (Å²) < 4.78 is 46.9. The topological polar surface area (TPSA) is 102 Å². The highest BCUT2D eigenvalue weighted by atomic mass is 19.4. The van der Waals surface area contributed by atoms with Gasteiger partial charge in [0.25, 0.3) is 0 Å². The van der Waals surface area contributed by atoms with Gasteiger partial charge in [0.2, 0.25) is 0 Å². The van der Waals surface area contributed by atoms with Crippen LogP contribution in [0.15, 0.2) is 61.0 Å². The lowest BCUT2D eigenvalue weighted by Crippen LogP contribution is -2.29. The third-order valence-corrected chi connectivity index (χ3v) is 4.80. The summed E-state index contributed by atoms with van der Waals surface area (Å²) in [6, 6.07) is 8.91. The number of halogens is 3. The van der Waals surface area contributed by atoms with Crippen molar-refractivity contribution in [2.45, 2.75) is 51.8 Å². The Hall–Kier alpha value is -4.02. The summed E-state index contributed by atoms with van der Waals surface area (Å²) >= 11 is 0. The number of rotatable bonds is 10. The zero-order valence-electron chi connectivity index (χ0n) is 21.8. The summed E-state index contributed by atoms with van der Waals surface area (Å²) in [6.45, 7) is 5.59. The van der Waals surface area contributed by atoms with Crippen molar-refractivity contribution in [1.29, 1.82) is 0 Å². The molecule has 0 saturated heterocycles. The number of amides is 2. The first kappa shape index (κ1) is 30.2. The van der Waals surface area contributed by atoms with Crippen LogP contribution in [0.2, 0.25) is 0 Å². The molecular weight excluding hydrogens is 501 g/mol. The Kier molecular flexibility index (Phi) is 11.2. The molecule has 2 aromatic rings. The molecule has 0 unspecified atom stereocenters. The molecule has 2 rings (SSSR count). The van der Waals surface area contributed by atoms with Gasteiger partial charge in [0.1, 0.15) is 5.60 Å². The Morgan fingerprint density at radius 2 is 1.79 bits per heavy atom. The number of hydrogen-bond acceptors (Lipinski definition) is 6. The fraction of sp³-hybridized carbons (Fsp3) is 0.370. The van der Waals surface area contributed by atoms with Crippen LogP contribution in [-0.2, 0) is 15.9 Å². The molecule has 206 valence electrons. The third kappa shape index (κ3) is 11.8. The highest BCUT2D eigenvalue weighted by Gasteiger charge is 2.21. The molecule has 1 heterocycles. The molecule has 0 fully saturated rings. The first-order chi connectivity index (χ1) is 17.9. The molecule has 38 heavy (non-hydrogen) atoms. The zero-order valence-corrected chi connectivity index (χ0v) is 21.8. The number of hydrogen-bond donors (Lipinski definition) is 3. The van der Waals surface area contributed by atoms with Crippen molar-refractivity contribution in [2.75, 3.05) is 24.3 Å². The molecule has 0 saturated carbocycles. The number of nitrogens with one attached hydrogen (secondary N) is 3. The Labute approximate surface area is 220 Å². The van der Waals surface area contributed by atoms with Crippen LogP contribution in [0.5, 0.6) is 0 Å². The number of anilines is 2. The fourth-order valence-electron chi connectivity index (χ4n) is 3.23. The Bertz CT molecular complexity index is 1140. The maximum atomic E-state index is 12.4. The molecule has 0 aliphatic carbocycles. The standard InChI is InChI=1S/C27H33F3N4O4/c1-26(2,3)38-24(35)33-15-7-5-9-20-17-19(12-16-31-20)22-11-10-21(34-25(36)37-4)18-23(22)32-14-8-6-13-27(28,29)30/h6-7,10-13,15-18,32H,5,8-9,14H2,1-4H3,(H,33,35)(H,34,36). The van der Waals surface area contributed by atoms with Gasteiger partial charge in [-0.25, -0.2) is 9.59 Å². The molecule has 11 heteroatoms. The van der Waals surface area contributed by atoms with Crippen molar-refractivity contribution >= 4 is 23.6 Å². The van der Waals surface area contributed by atoms with Crippen LogP contribution in [0.1, 0.15) is 39.3 Å². The Balaban J connectivity index is 2.11. The minimum absolute atomic E-state index is 0.152. The number of pyridine rings is 1. The average molecular weight is 535 g/mol. The van der Waals surface area contributed by atoms with E-state index >= 15 is 0 Å². The Morgan fingerprint density at radius 1 is 1.03 bits per heavy atom. The van der Waals surface area contributed by atoms with Crippen molar-refractivity contribution in [3.8, 4) is 11.1 Å². The second-order valence-electron chi connectivity index (χ2n) is 9.16. The molecule has 2 amide bonds. The van der Waals surface area contributed by atoms with E-state index in [4.69, 9.17) is 4.74 Å². The number of aromatic nitrogens is 1. The molecule has 0 radical (unpaired) electrons. The number of methoxy groups -OCH3 is 1. The van der Waals surface area contributed by atoms with Gasteiger partial charge in [0, 0.05) is 47.6 Å². The number of alkyl carbamates (subject to hydrolysis) is 1. The minimum atomic E-state index is -4.36. The molecule has 0 spiro atoms. The third-order valence-electron chi connectivity index (χ3n) is 4.80. The minimum Gasteiger partial charge on any atom is -0.453 e. The number of nitrogens with zero attached hydrogens (tertiary/aromatic N) is 1. The van der Waals surface area contributed by atoms with Gasteiger partial charge in [-0.3, -0.25) is 15.6 Å². The summed E-state index contributed by atoms with van der Waals surface area (Å²) in [5.74, 6) is 0. The summed E-state index contributed by atoms with van der Waals surface area (Å²) in [6.07, 6.45) is 2.10.